The first-order valence-electron chi connectivity index (χ1n) is 5.85. The maximum absolute atomic E-state index is 11.7. The molecule has 0 fully saturated rings. The molecule has 0 aliphatic rings. The van der Waals surface area contributed by atoms with Crippen LogP contribution in [0.1, 0.15) is 5.56 Å². The van der Waals surface area contributed by atoms with E-state index in [4.69, 9.17) is 11.6 Å². The number of ether oxygens (including phenoxy) is 1. The van der Waals surface area contributed by atoms with E-state index < -0.39 is 16.1 Å². The molecule has 1 amide bonds. The van der Waals surface area contributed by atoms with Crippen LogP contribution >= 0.6 is 11.6 Å². The number of hydrogen-bond acceptors (Lipinski definition) is 4. The van der Waals surface area contributed by atoms with Crippen LogP contribution in [-0.2, 0) is 21.3 Å². The molecule has 0 atom stereocenters. The highest BCUT2D eigenvalue weighted by atomic mass is 35.5. The molecule has 0 saturated carbocycles. The molecule has 8 heteroatoms. The average molecular weight is 321 g/mol. The number of amides is 1. The van der Waals surface area contributed by atoms with Gasteiger partial charge < -0.3 is 10.1 Å². The van der Waals surface area contributed by atoms with Crippen LogP contribution in [0.4, 0.5) is 4.79 Å². The smallest absolute Gasteiger partial charge is 0.406 e. The molecule has 20 heavy (non-hydrogen) atoms. The van der Waals surface area contributed by atoms with Crippen LogP contribution in [-0.4, -0.2) is 45.3 Å². The Balaban J connectivity index is 2.72. The zero-order chi connectivity index (χ0) is 15.2. The lowest BCUT2D eigenvalue weighted by Gasteiger charge is -2.20. The predicted octanol–water partition coefficient (Wildman–Crippen LogP) is 1.46. The Bertz CT molecular complexity index is 562. The number of alkyl carbamates (subject to hydrolysis) is 1. The second-order valence-corrected chi connectivity index (χ2v) is 6.50. The number of halogens is 1. The summed E-state index contributed by atoms with van der Waals surface area (Å²) >= 11 is 6.01. The molecule has 0 saturated heterocycles. The number of carbonyl (C=O) groups is 1. The van der Waals surface area contributed by atoms with Gasteiger partial charge in [0.05, 0.1) is 13.4 Å². The molecule has 1 N–H and O–H groups in total. The van der Waals surface area contributed by atoms with Gasteiger partial charge in [-0.2, -0.15) is 4.31 Å². The molecule has 0 heterocycles. The summed E-state index contributed by atoms with van der Waals surface area (Å²) < 4.78 is 29.1. The van der Waals surface area contributed by atoms with Crippen LogP contribution in [0, 0.1) is 0 Å². The normalized spacial score (nSPS) is 11.4. The summed E-state index contributed by atoms with van der Waals surface area (Å²) in [4.78, 5) is 10.9. The number of methoxy groups -OCH3 is 1. The van der Waals surface area contributed by atoms with Crippen molar-refractivity contribution < 1.29 is 17.9 Å². The second-order valence-electron chi connectivity index (χ2n) is 4.11. The molecule has 1 aromatic rings. The maximum atomic E-state index is 11.7. The predicted molar refractivity (Wildman–Crippen MR) is 77.1 cm³/mol. The highest BCUT2D eigenvalue weighted by Gasteiger charge is 2.18. The molecule has 1 rings (SSSR count). The minimum absolute atomic E-state index is 0.138. The third-order valence-electron chi connectivity index (χ3n) is 2.59. The first-order valence-corrected chi connectivity index (χ1v) is 8.07. The van der Waals surface area contributed by atoms with Gasteiger partial charge in [-0.1, -0.05) is 29.8 Å². The minimum Gasteiger partial charge on any atom is -0.453 e. The molecule has 0 aliphatic heterocycles. The summed E-state index contributed by atoms with van der Waals surface area (Å²) in [6, 6.07) is 7.02. The van der Waals surface area contributed by atoms with Gasteiger partial charge in [0.25, 0.3) is 0 Å². The summed E-state index contributed by atoms with van der Waals surface area (Å²) in [5.41, 5.74) is 0.706. The van der Waals surface area contributed by atoms with Gasteiger partial charge >= 0.3 is 6.09 Å². The van der Waals surface area contributed by atoms with Crippen molar-refractivity contribution in [1.29, 1.82) is 0 Å². The Morgan fingerprint density at radius 1 is 1.40 bits per heavy atom. The van der Waals surface area contributed by atoms with Gasteiger partial charge in [-0.15, -0.1) is 0 Å². The zero-order valence-electron chi connectivity index (χ0n) is 11.3. The largest absolute Gasteiger partial charge is 0.453 e. The summed E-state index contributed by atoms with van der Waals surface area (Å²) in [6.07, 6.45) is 0.512. The standard InChI is InChI=1S/C12H17ClN2O4S/c1-19-12(16)14-7-8-15(20(2,17)18)9-10-5-3-4-6-11(10)13/h3-6H,7-9H2,1-2H3,(H,14,16). The topological polar surface area (TPSA) is 75.7 Å². The highest BCUT2D eigenvalue weighted by Crippen LogP contribution is 2.18. The lowest BCUT2D eigenvalue weighted by molar-refractivity contribution is 0.170. The molecular weight excluding hydrogens is 304 g/mol. The van der Waals surface area contributed by atoms with Crippen LogP contribution in [0.25, 0.3) is 0 Å². The van der Waals surface area contributed by atoms with E-state index in [2.05, 4.69) is 10.1 Å². The van der Waals surface area contributed by atoms with Crippen molar-refractivity contribution in [2.45, 2.75) is 6.54 Å². The summed E-state index contributed by atoms with van der Waals surface area (Å²) in [6.45, 7) is 0.449. The zero-order valence-corrected chi connectivity index (χ0v) is 12.9. The molecule has 0 radical (unpaired) electrons. The van der Waals surface area contributed by atoms with E-state index in [1.807, 2.05) is 0 Å². The van der Waals surface area contributed by atoms with Gasteiger partial charge in [0.1, 0.15) is 0 Å². The van der Waals surface area contributed by atoms with E-state index in [0.717, 1.165) is 6.26 Å². The molecule has 0 spiro atoms. The monoisotopic (exact) mass is 320 g/mol. The molecule has 112 valence electrons. The molecule has 0 unspecified atom stereocenters. The Morgan fingerprint density at radius 2 is 2.05 bits per heavy atom. The Hall–Kier alpha value is -1.31. The van der Waals surface area contributed by atoms with E-state index in [1.165, 1.54) is 11.4 Å². The highest BCUT2D eigenvalue weighted by molar-refractivity contribution is 7.88. The summed E-state index contributed by atoms with van der Waals surface area (Å²) in [5, 5.41) is 2.94. The SMILES string of the molecule is COC(=O)NCCN(Cc1ccccc1Cl)S(C)(=O)=O. The molecular formula is C12H17ClN2O4S. The lowest BCUT2D eigenvalue weighted by atomic mass is 10.2. The van der Waals surface area contributed by atoms with Crippen molar-refractivity contribution >= 4 is 27.7 Å². The van der Waals surface area contributed by atoms with E-state index in [9.17, 15) is 13.2 Å². The van der Waals surface area contributed by atoms with Crippen molar-refractivity contribution in [3.8, 4) is 0 Å². The van der Waals surface area contributed by atoms with E-state index in [1.54, 1.807) is 24.3 Å². The minimum atomic E-state index is -3.40. The second kappa shape index (κ2) is 7.47. The third kappa shape index (κ3) is 5.36. The molecule has 0 aliphatic carbocycles. The number of nitrogens with zero attached hydrogens (tertiary/aromatic N) is 1. The van der Waals surface area contributed by atoms with Crippen LogP contribution < -0.4 is 5.32 Å². The summed E-state index contributed by atoms with van der Waals surface area (Å²) in [7, 11) is -2.16. The van der Waals surface area contributed by atoms with E-state index >= 15 is 0 Å². The van der Waals surface area contributed by atoms with Gasteiger partial charge in [0, 0.05) is 24.7 Å². The quantitative estimate of drug-likeness (QED) is 0.861. The fourth-order valence-electron chi connectivity index (χ4n) is 1.53. The van der Waals surface area contributed by atoms with Gasteiger partial charge in [0.15, 0.2) is 0 Å². The number of benzene rings is 1. The van der Waals surface area contributed by atoms with Crippen LogP contribution in [0.3, 0.4) is 0 Å². The van der Waals surface area contributed by atoms with Crippen LogP contribution in [0.2, 0.25) is 5.02 Å². The number of hydrogen-bond donors (Lipinski definition) is 1. The third-order valence-corrected chi connectivity index (χ3v) is 4.21. The van der Waals surface area contributed by atoms with Gasteiger partial charge in [-0.25, -0.2) is 13.2 Å². The van der Waals surface area contributed by atoms with Crippen molar-refractivity contribution in [2.75, 3.05) is 26.5 Å². The molecule has 1 aromatic carbocycles. The lowest BCUT2D eigenvalue weighted by Crippen LogP contribution is -2.37. The molecule has 6 nitrogen and oxygen atoms in total. The number of sulfonamides is 1. The first-order chi connectivity index (χ1) is 9.34. The number of nitrogens with one attached hydrogen (secondary N) is 1. The van der Waals surface area contributed by atoms with Crippen molar-refractivity contribution in [3.63, 3.8) is 0 Å². The fraction of sp³-hybridized carbons (Fsp3) is 0.417. The molecule has 0 bridgehead atoms. The Morgan fingerprint density at radius 3 is 2.60 bits per heavy atom. The Labute approximate surface area is 123 Å². The van der Waals surface area contributed by atoms with Crippen molar-refractivity contribution in [3.05, 3.63) is 34.9 Å². The van der Waals surface area contributed by atoms with Gasteiger partial charge in [-0.05, 0) is 11.6 Å². The molecule has 0 aromatic heterocycles. The van der Waals surface area contributed by atoms with E-state index in [-0.39, 0.29) is 19.6 Å². The Kier molecular flexibility index (Phi) is 6.25. The van der Waals surface area contributed by atoms with Gasteiger partial charge in [-0.3, -0.25) is 0 Å². The first kappa shape index (κ1) is 16.7. The van der Waals surface area contributed by atoms with Gasteiger partial charge in [0.2, 0.25) is 10.0 Å². The van der Waals surface area contributed by atoms with Crippen molar-refractivity contribution in [1.82, 2.24) is 9.62 Å². The summed E-state index contributed by atoms with van der Waals surface area (Å²) in [5.74, 6) is 0. The number of rotatable bonds is 6. The number of carbonyl (C=O) groups excluding carboxylic acids is 1. The average Bonchev–Trinajstić information content (AvgIpc) is 2.38. The van der Waals surface area contributed by atoms with Crippen molar-refractivity contribution in [2.24, 2.45) is 0 Å². The van der Waals surface area contributed by atoms with E-state index in [0.29, 0.717) is 10.6 Å². The van der Waals surface area contributed by atoms with Crippen LogP contribution in [0.5, 0.6) is 0 Å². The fourth-order valence-corrected chi connectivity index (χ4v) is 2.53. The van der Waals surface area contributed by atoms with Crippen LogP contribution in [0.15, 0.2) is 24.3 Å². The maximum Gasteiger partial charge on any atom is 0.406 e.